The highest BCUT2D eigenvalue weighted by atomic mass is 16.3. The number of aromatic hydroxyl groups is 1. The number of hydrogen-bond acceptors (Lipinski definition) is 1. The Morgan fingerprint density at radius 3 is 1.70 bits per heavy atom. The molecule has 0 aliphatic carbocycles. The molecule has 0 atom stereocenters. The van der Waals surface area contributed by atoms with Gasteiger partial charge in [0.2, 0.25) is 0 Å². The van der Waals surface area contributed by atoms with Crippen LogP contribution >= 0.6 is 0 Å². The fraction of sp³-hybridized carbons (Fsp3) is 0.684. The molecule has 0 bridgehead atoms. The third-order valence-electron chi connectivity index (χ3n) is 4.45. The van der Waals surface area contributed by atoms with Crippen LogP contribution in [0.5, 0.6) is 5.75 Å². The molecule has 0 aliphatic heterocycles. The maximum Gasteiger partial charge on any atom is 0.122 e. The van der Waals surface area contributed by atoms with Gasteiger partial charge in [0.15, 0.2) is 0 Å². The van der Waals surface area contributed by atoms with Crippen LogP contribution in [0.1, 0.15) is 80.7 Å². The van der Waals surface area contributed by atoms with Crippen LogP contribution in [-0.2, 0) is 19.3 Å². The highest BCUT2D eigenvalue weighted by Crippen LogP contribution is 2.35. The molecule has 0 amide bonds. The molecule has 1 rings (SSSR count). The molecule has 0 aromatic heterocycles. The summed E-state index contributed by atoms with van der Waals surface area (Å²) in [6, 6.07) is 0. The molecule has 0 heterocycles. The minimum Gasteiger partial charge on any atom is -0.507 e. The van der Waals surface area contributed by atoms with Crippen molar-refractivity contribution >= 4 is 0 Å². The van der Waals surface area contributed by atoms with Crippen molar-refractivity contribution in [2.75, 3.05) is 0 Å². The average molecular weight is 276 g/mol. The van der Waals surface area contributed by atoms with E-state index in [1.54, 1.807) is 0 Å². The molecule has 0 fully saturated rings. The Balaban J connectivity index is 3.35. The van der Waals surface area contributed by atoms with E-state index in [4.69, 9.17) is 0 Å². The topological polar surface area (TPSA) is 20.2 Å². The van der Waals surface area contributed by atoms with Crippen molar-refractivity contribution in [3.8, 4) is 5.75 Å². The smallest absolute Gasteiger partial charge is 0.122 e. The number of unbranched alkanes of at least 4 members (excludes halogenated alkanes) is 2. The van der Waals surface area contributed by atoms with Crippen LogP contribution in [0.2, 0.25) is 0 Å². The van der Waals surface area contributed by atoms with E-state index in [1.165, 1.54) is 54.4 Å². The van der Waals surface area contributed by atoms with Gasteiger partial charge in [0.25, 0.3) is 0 Å². The molecule has 0 radical (unpaired) electrons. The molecule has 0 saturated carbocycles. The van der Waals surface area contributed by atoms with Crippen molar-refractivity contribution in [1.82, 2.24) is 0 Å². The summed E-state index contributed by atoms with van der Waals surface area (Å²) in [7, 11) is 0. The van der Waals surface area contributed by atoms with Crippen LogP contribution in [0.3, 0.4) is 0 Å². The Morgan fingerprint density at radius 1 is 0.650 bits per heavy atom. The fourth-order valence-electron chi connectivity index (χ4n) is 3.05. The van der Waals surface area contributed by atoms with E-state index in [9.17, 15) is 5.11 Å². The van der Waals surface area contributed by atoms with E-state index < -0.39 is 0 Å². The van der Waals surface area contributed by atoms with E-state index in [0.29, 0.717) is 5.75 Å². The highest BCUT2D eigenvalue weighted by molar-refractivity contribution is 5.54. The molecule has 0 spiro atoms. The third kappa shape index (κ3) is 3.77. The van der Waals surface area contributed by atoms with Crippen LogP contribution in [0, 0.1) is 13.8 Å². The van der Waals surface area contributed by atoms with Crippen LogP contribution in [0.15, 0.2) is 0 Å². The van der Waals surface area contributed by atoms with Gasteiger partial charge >= 0.3 is 0 Å². The normalized spacial score (nSPS) is 11.1. The van der Waals surface area contributed by atoms with Crippen molar-refractivity contribution in [2.45, 2.75) is 86.0 Å². The lowest BCUT2D eigenvalue weighted by Gasteiger charge is -2.21. The van der Waals surface area contributed by atoms with Gasteiger partial charge in [0, 0.05) is 0 Å². The summed E-state index contributed by atoms with van der Waals surface area (Å²) in [4.78, 5) is 0. The van der Waals surface area contributed by atoms with Gasteiger partial charge in [-0.25, -0.2) is 0 Å². The summed E-state index contributed by atoms with van der Waals surface area (Å²) in [5.41, 5.74) is 6.64. The van der Waals surface area contributed by atoms with Gasteiger partial charge in [-0.2, -0.15) is 0 Å². The van der Waals surface area contributed by atoms with Crippen LogP contribution in [0.25, 0.3) is 0 Å². The summed E-state index contributed by atoms with van der Waals surface area (Å²) in [6.45, 7) is 10.9. The van der Waals surface area contributed by atoms with Gasteiger partial charge < -0.3 is 5.11 Å². The Kier molecular flexibility index (Phi) is 7.12. The minimum atomic E-state index is 0.565. The summed E-state index contributed by atoms with van der Waals surface area (Å²) >= 11 is 0. The van der Waals surface area contributed by atoms with E-state index in [0.717, 1.165) is 24.8 Å². The van der Waals surface area contributed by atoms with Crippen LogP contribution < -0.4 is 0 Å². The zero-order valence-electron chi connectivity index (χ0n) is 14.1. The highest BCUT2D eigenvalue weighted by Gasteiger charge is 2.18. The second-order valence-corrected chi connectivity index (χ2v) is 5.99. The Morgan fingerprint density at radius 2 is 1.20 bits per heavy atom. The van der Waals surface area contributed by atoms with E-state index in [-0.39, 0.29) is 0 Å². The SMILES string of the molecule is CCCCc1c(C)c(C)c(O)c(CCC)c1CCCC. The van der Waals surface area contributed by atoms with Crippen molar-refractivity contribution in [3.63, 3.8) is 0 Å². The molecule has 1 aromatic rings. The molecule has 0 aliphatic rings. The summed E-state index contributed by atoms with van der Waals surface area (Å²) in [6.07, 6.45) is 9.31. The minimum absolute atomic E-state index is 0.565. The predicted molar refractivity (Wildman–Crippen MR) is 88.8 cm³/mol. The van der Waals surface area contributed by atoms with Crippen molar-refractivity contribution in [2.24, 2.45) is 0 Å². The van der Waals surface area contributed by atoms with Crippen LogP contribution in [-0.4, -0.2) is 5.11 Å². The quantitative estimate of drug-likeness (QED) is 0.650. The molecule has 0 saturated heterocycles. The van der Waals surface area contributed by atoms with Crippen LogP contribution in [0.4, 0.5) is 0 Å². The molecule has 20 heavy (non-hydrogen) atoms. The number of phenolic OH excluding ortho intramolecular Hbond substituents is 1. The number of hydrogen-bond donors (Lipinski definition) is 1. The second-order valence-electron chi connectivity index (χ2n) is 5.99. The summed E-state index contributed by atoms with van der Waals surface area (Å²) < 4.78 is 0. The lowest BCUT2D eigenvalue weighted by atomic mass is 9.85. The zero-order chi connectivity index (χ0) is 15.1. The standard InChI is InChI=1S/C19H32O/c1-6-9-12-16-14(4)15(5)19(20)18(11-8-3)17(16)13-10-7-2/h20H,6-13H2,1-5H3. The molecule has 1 N–H and O–H groups in total. The predicted octanol–water partition coefficient (Wildman–Crippen LogP) is 5.65. The number of benzene rings is 1. The van der Waals surface area contributed by atoms with Crippen molar-refractivity contribution < 1.29 is 5.11 Å². The molecule has 1 aromatic carbocycles. The largest absolute Gasteiger partial charge is 0.507 e. The van der Waals surface area contributed by atoms with E-state index in [1.807, 2.05) is 0 Å². The van der Waals surface area contributed by atoms with Gasteiger partial charge in [-0.3, -0.25) is 0 Å². The van der Waals surface area contributed by atoms with Gasteiger partial charge in [0.1, 0.15) is 5.75 Å². The first-order chi connectivity index (χ1) is 9.58. The third-order valence-corrected chi connectivity index (χ3v) is 4.45. The number of rotatable bonds is 8. The first kappa shape index (κ1) is 17.1. The molecule has 0 unspecified atom stereocenters. The number of phenols is 1. The maximum atomic E-state index is 10.5. The molecule has 1 heteroatoms. The molecule has 1 nitrogen and oxygen atoms in total. The zero-order valence-corrected chi connectivity index (χ0v) is 14.1. The Hall–Kier alpha value is -0.980. The Bertz CT molecular complexity index is 432. The second kappa shape index (κ2) is 8.34. The van der Waals surface area contributed by atoms with Gasteiger partial charge in [0.05, 0.1) is 0 Å². The molecule has 114 valence electrons. The Labute approximate surface area is 125 Å². The molecular formula is C19H32O. The lowest BCUT2D eigenvalue weighted by molar-refractivity contribution is 0.460. The molecular weight excluding hydrogens is 244 g/mol. The van der Waals surface area contributed by atoms with Gasteiger partial charge in [-0.1, -0.05) is 40.0 Å². The lowest BCUT2D eigenvalue weighted by Crippen LogP contribution is -2.06. The van der Waals surface area contributed by atoms with Crippen molar-refractivity contribution in [1.29, 1.82) is 0 Å². The summed E-state index contributed by atoms with van der Waals surface area (Å²) in [5.74, 6) is 0.565. The van der Waals surface area contributed by atoms with E-state index in [2.05, 4.69) is 34.6 Å². The first-order valence-corrected chi connectivity index (χ1v) is 8.41. The monoisotopic (exact) mass is 276 g/mol. The fourth-order valence-corrected chi connectivity index (χ4v) is 3.05. The average Bonchev–Trinajstić information content (AvgIpc) is 2.45. The van der Waals surface area contributed by atoms with Gasteiger partial charge in [-0.15, -0.1) is 0 Å². The first-order valence-electron chi connectivity index (χ1n) is 8.41. The van der Waals surface area contributed by atoms with E-state index >= 15 is 0 Å². The van der Waals surface area contributed by atoms with Gasteiger partial charge in [-0.05, 0) is 73.8 Å². The van der Waals surface area contributed by atoms with Crippen molar-refractivity contribution in [3.05, 3.63) is 27.8 Å². The maximum absolute atomic E-state index is 10.5. The summed E-state index contributed by atoms with van der Waals surface area (Å²) in [5, 5.41) is 10.5.